The first-order valence-corrected chi connectivity index (χ1v) is 10.2. The van der Waals surface area contributed by atoms with Crippen LogP contribution in [0.3, 0.4) is 0 Å². The number of aryl methyl sites for hydroxylation is 3. The van der Waals surface area contributed by atoms with E-state index in [1.54, 1.807) is 6.26 Å². The van der Waals surface area contributed by atoms with Crippen molar-refractivity contribution in [3.63, 3.8) is 0 Å². The number of unbranched alkanes of at least 4 members (excludes halogenated alkanes) is 1. The monoisotopic (exact) mass is 412 g/mol. The molecule has 0 saturated heterocycles. The average Bonchev–Trinajstić information content (AvgIpc) is 3.07. The van der Waals surface area contributed by atoms with Crippen LogP contribution < -0.4 is 16.0 Å². The van der Waals surface area contributed by atoms with Crippen molar-refractivity contribution in [2.45, 2.75) is 65.8 Å². The van der Waals surface area contributed by atoms with Gasteiger partial charge in [-0.05, 0) is 50.8 Å². The molecule has 0 aliphatic carbocycles. The summed E-state index contributed by atoms with van der Waals surface area (Å²) in [7, 11) is 0. The molecule has 3 rings (SSSR count). The van der Waals surface area contributed by atoms with Crippen LogP contribution in [0.5, 0.6) is 0 Å². The normalized spacial score (nSPS) is 12.4. The van der Waals surface area contributed by atoms with Crippen molar-refractivity contribution < 1.29 is 23.5 Å². The summed E-state index contributed by atoms with van der Waals surface area (Å²) in [5, 5.41) is 15.5. The minimum absolute atomic E-state index is 0.0149. The molecule has 0 unspecified atom stereocenters. The highest BCUT2D eigenvalue weighted by Crippen LogP contribution is 2.32. The Balaban J connectivity index is 1.86. The lowest BCUT2D eigenvalue weighted by atomic mass is 9.98. The Morgan fingerprint density at radius 1 is 1.13 bits per heavy atom. The first-order chi connectivity index (χ1) is 14.2. The number of aliphatic carboxylic acids is 1. The Morgan fingerprint density at radius 3 is 2.53 bits per heavy atom. The summed E-state index contributed by atoms with van der Waals surface area (Å²) in [5.74, 6) is -1.73. The lowest BCUT2D eigenvalue weighted by Crippen LogP contribution is -2.47. The molecule has 0 spiro atoms. The first-order valence-electron chi connectivity index (χ1n) is 10.2. The van der Waals surface area contributed by atoms with Gasteiger partial charge in [-0.15, -0.1) is 0 Å². The molecule has 1 N–H and O–H groups in total. The Morgan fingerprint density at radius 2 is 1.87 bits per heavy atom. The van der Waals surface area contributed by atoms with E-state index >= 15 is 0 Å². The molecular formula is C23H26NO6-. The van der Waals surface area contributed by atoms with E-state index in [1.165, 1.54) is 0 Å². The van der Waals surface area contributed by atoms with E-state index in [1.807, 2.05) is 33.8 Å². The zero-order valence-electron chi connectivity index (χ0n) is 17.7. The highest BCUT2D eigenvalue weighted by molar-refractivity contribution is 5.99. The summed E-state index contributed by atoms with van der Waals surface area (Å²) in [6.07, 6.45) is 3.62. The fraction of sp³-hybridized carbons (Fsp3) is 0.435. The number of carbonyl (C=O) groups excluding carboxylic acids is 2. The van der Waals surface area contributed by atoms with Crippen LogP contribution in [0.25, 0.3) is 21.9 Å². The summed E-state index contributed by atoms with van der Waals surface area (Å²) in [6.45, 7) is 7.57. The molecule has 1 aromatic carbocycles. The molecule has 0 aliphatic rings. The second-order valence-corrected chi connectivity index (χ2v) is 7.75. The van der Waals surface area contributed by atoms with Gasteiger partial charge in [-0.1, -0.05) is 19.8 Å². The van der Waals surface area contributed by atoms with Crippen LogP contribution in [0, 0.1) is 20.8 Å². The van der Waals surface area contributed by atoms with E-state index in [2.05, 4.69) is 5.32 Å². The number of rotatable bonds is 8. The molecule has 0 radical (unpaired) electrons. The SMILES string of the molecule is CCCC[C@H](NC(=O)CCc1c(C)c2cc3c(C)coc3c(C)c2oc1=O)C(=O)[O-]. The van der Waals surface area contributed by atoms with Crippen LogP contribution in [0.1, 0.15) is 54.9 Å². The molecule has 7 heteroatoms. The second kappa shape index (κ2) is 8.73. The molecule has 30 heavy (non-hydrogen) atoms. The fourth-order valence-corrected chi connectivity index (χ4v) is 3.77. The van der Waals surface area contributed by atoms with Gasteiger partial charge >= 0.3 is 5.63 Å². The number of fused-ring (bicyclic) bond motifs is 2. The number of amides is 1. The average molecular weight is 412 g/mol. The molecule has 0 bridgehead atoms. The standard InChI is InChI=1S/C23H27NO6/c1-5-6-7-18(22(26)27)24-19(25)9-8-15-13(3)17-10-16-12(2)11-29-20(16)14(4)21(17)30-23(15)28/h10-11,18H,5-9H2,1-4H3,(H,24,25)(H,26,27)/p-1/t18-/m0/s1. The predicted molar refractivity (Wildman–Crippen MR) is 111 cm³/mol. The van der Waals surface area contributed by atoms with E-state index in [4.69, 9.17) is 8.83 Å². The van der Waals surface area contributed by atoms with Crippen molar-refractivity contribution in [1.29, 1.82) is 0 Å². The molecule has 0 fully saturated rings. The molecule has 3 aromatic rings. The van der Waals surface area contributed by atoms with Crippen LogP contribution in [-0.4, -0.2) is 17.9 Å². The first kappa shape index (κ1) is 21.6. The lowest BCUT2D eigenvalue weighted by molar-refractivity contribution is -0.308. The van der Waals surface area contributed by atoms with Crippen molar-refractivity contribution >= 4 is 33.8 Å². The maximum Gasteiger partial charge on any atom is 0.339 e. The maximum absolute atomic E-state index is 12.6. The third-order valence-corrected chi connectivity index (χ3v) is 5.60. The number of benzene rings is 1. The van der Waals surface area contributed by atoms with Gasteiger partial charge in [-0.3, -0.25) is 4.79 Å². The van der Waals surface area contributed by atoms with Gasteiger partial charge in [0, 0.05) is 28.3 Å². The molecule has 1 amide bonds. The van der Waals surface area contributed by atoms with Crippen LogP contribution in [0.15, 0.2) is 26.0 Å². The Labute approximate surface area is 174 Å². The van der Waals surface area contributed by atoms with Crippen LogP contribution in [-0.2, 0) is 16.0 Å². The van der Waals surface area contributed by atoms with Crippen molar-refractivity contribution in [1.82, 2.24) is 5.32 Å². The Hall–Kier alpha value is -3.09. The zero-order valence-corrected chi connectivity index (χ0v) is 17.7. The van der Waals surface area contributed by atoms with Crippen LogP contribution in [0.2, 0.25) is 0 Å². The van der Waals surface area contributed by atoms with E-state index in [0.29, 0.717) is 29.6 Å². The van der Waals surface area contributed by atoms with E-state index in [9.17, 15) is 19.5 Å². The van der Waals surface area contributed by atoms with Gasteiger partial charge in [-0.25, -0.2) is 4.79 Å². The van der Waals surface area contributed by atoms with Gasteiger partial charge in [0.05, 0.1) is 18.3 Å². The third kappa shape index (κ3) is 4.10. The minimum atomic E-state index is -1.30. The zero-order chi connectivity index (χ0) is 22.0. The smallest absolute Gasteiger partial charge is 0.339 e. The van der Waals surface area contributed by atoms with Gasteiger partial charge in [0.2, 0.25) is 5.91 Å². The molecule has 2 aromatic heterocycles. The highest BCUT2D eigenvalue weighted by atomic mass is 16.4. The molecule has 2 heterocycles. The largest absolute Gasteiger partial charge is 0.548 e. The molecule has 7 nitrogen and oxygen atoms in total. The van der Waals surface area contributed by atoms with Crippen molar-refractivity contribution in [2.75, 3.05) is 0 Å². The molecular weight excluding hydrogens is 386 g/mol. The highest BCUT2D eigenvalue weighted by Gasteiger charge is 2.19. The van der Waals surface area contributed by atoms with E-state index in [-0.39, 0.29) is 12.8 Å². The van der Waals surface area contributed by atoms with Gasteiger partial charge in [0.1, 0.15) is 11.2 Å². The number of furan rings is 1. The van der Waals surface area contributed by atoms with Crippen LogP contribution >= 0.6 is 0 Å². The minimum Gasteiger partial charge on any atom is -0.548 e. The summed E-state index contributed by atoms with van der Waals surface area (Å²) in [5.41, 5.74) is 3.58. The number of hydrogen-bond acceptors (Lipinski definition) is 6. The summed E-state index contributed by atoms with van der Waals surface area (Å²) in [6, 6.07) is 0.918. The fourth-order valence-electron chi connectivity index (χ4n) is 3.77. The predicted octanol–water partition coefficient (Wildman–Crippen LogP) is 2.82. The number of hydrogen-bond donors (Lipinski definition) is 1. The van der Waals surface area contributed by atoms with Crippen molar-refractivity contribution in [2.24, 2.45) is 0 Å². The molecule has 1 atom stereocenters. The molecule has 160 valence electrons. The number of carboxylic acids is 1. The van der Waals surface area contributed by atoms with E-state index in [0.717, 1.165) is 33.9 Å². The quantitative estimate of drug-likeness (QED) is 0.569. The number of carboxylic acid groups (broad SMARTS) is 1. The van der Waals surface area contributed by atoms with Gasteiger partial charge in [0.25, 0.3) is 0 Å². The van der Waals surface area contributed by atoms with Crippen molar-refractivity contribution in [3.8, 4) is 0 Å². The van der Waals surface area contributed by atoms with Gasteiger partial charge < -0.3 is 24.1 Å². The molecule has 0 saturated carbocycles. The second-order valence-electron chi connectivity index (χ2n) is 7.75. The summed E-state index contributed by atoms with van der Waals surface area (Å²) < 4.78 is 11.2. The van der Waals surface area contributed by atoms with Crippen LogP contribution in [0.4, 0.5) is 0 Å². The summed E-state index contributed by atoms with van der Waals surface area (Å²) >= 11 is 0. The number of nitrogens with one attached hydrogen (secondary N) is 1. The third-order valence-electron chi connectivity index (χ3n) is 5.60. The number of carbonyl (C=O) groups is 2. The molecule has 0 aliphatic heterocycles. The Kier molecular flexibility index (Phi) is 6.29. The maximum atomic E-state index is 12.6. The van der Waals surface area contributed by atoms with Gasteiger partial charge in [-0.2, -0.15) is 0 Å². The topological polar surface area (TPSA) is 113 Å². The Bertz CT molecular complexity index is 1170. The van der Waals surface area contributed by atoms with Gasteiger partial charge in [0.15, 0.2) is 0 Å². The lowest BCUT2D eigenvalue weighted by Gasteiger charge is -2.19. The van der Waals surface area contributed by atoms with E-state index < -0.39 is 23.5 Å². The van der Waals surface area contributed by atoms with Crippen molar-refractivity contribution in [3.05, 3.63) is 45.0 Å². The summed E-state index contributed by atoms with van der Waals surface area (Å²) in [4.78, 5) is 36.1.